The minimum Gasteiger partial charge on any atom is -0.508 e. The van der Waals surface area contributed by atoms with Crippen LogP contribution in [-0.2, 0) is 10.8 Å². The average Bonchev–Trinajstić information content (AvgIpc) is 2.88. The summed E-state index contributed by atoms with van der Waals surface area (Å²) in [6, 6.07) is 11.6. The molecule has 0 unspecified atom stereocenters. The lowest BCUT2D eigenvalue weighted by molar-refractivity contribution is 0.476. The lowest BCUT2D eigenvalue weighted by Gasteiger charge is -2.25. The van der Waals surface area contributed by atoms with Crippen molar-refractivity contribution in [2.75, 3.05) is 0 Å². The third-order valence-corrected chi connectivity index (χ3v) is 4.24. The Hall–Kier alpha value is -2.36. The molecule has 3 aromatic rings. The van der Waals surface area contributed by atoms with Crippen LogP contribution in [0.15, 0.2) is 36.4 Å². The lowest BCUT2D eigenvalue weighted by atomic mass is 9.80. The van der Waals surface area contributed by atoms with Crippen molar-refractivity contribution < 1.29 is 5.11 Å². The van der Waals surface area contributed by atoms with Crippen molar-refractivity contribution in [1.29, 1.82) is 0 Å². The molecule has 2 aromatic carbocycles. The molecule has 0 aliphatic heterocycles. The van der Waals surface area contributed by atoms with Gasteiger partial charge in [-0.1, -0.05) is 47.6 Å². The second-order valence-corrected chi connectivity index (χ2v) is 8.43. The van der Waals surface area contributed by atoms with Crippen molar-refractivity contribution in [2.24, 2.45) is 0 Å². The summed E-state index contributed by atoms with van der Waals surface area (Å²) >= 11 is 0. The zero-order chi connectivity index (χ0) is 17.7. The van der Waals surface area contributed by atoms with Gasteiger partial charge in [0.2, 0.25) is 0 Å². The Balaban J connectivity index is 2.21. The maximum Gasteiger partial charge on any atom is 0.117 e. The first kappa shape index (κ1) is 16.5. The summed E-state index contributed by atoms with van der Waals surface area (Å²) in [6.07, 6.45) is 0. The molecule has 24 heavy (non-hydrogen) atoms. The Bertz CT molecular complexity index is 863. The summed E-state index contributed by atoms with van der Waals surface area (Å²) in [4.78, 5) is 1.66. The monoisotopic (exact) mass is 323 g/mol. The summed E-state index contributed by atoms with van der Waals surface area (Å²) in [5.74, 6) is 0.202. The first-order valence-corrected chi connectivity index (χ1v) is 8.26. The highest BCUT2D eigenvalue weighted by Gasteiger charge is 2.21. The minimum absolute atomic E-state index is 0.0425. The third kappa shape index (κ3) is 3.14. The van der Waals surface area contributed by atoms with E-state index in [-0.39, 0.29) is 16.6 Å². The maximum absolute atomic E-state index is 9.63. The van der Waals surface area contributed by atoms with Gasteiger partial charge < -0.3 is 5.11 Å². The van der Waals surface area contributed by atoms with Crippen molar-refractivity contribution in [2.45, 2.75) is 52.4 Å². The Morgan fingerprint density at radius 1 is 0.750 bits per heavy atom. The molecule has 0 bridgehead atoms. The van der Waals surface area contributed by atoms with Gasteiger partial charge in [0, 0.05) is 6.07 Å². The Labute approximate surface area is 143 Å². The van der Waals surface area contributed by atoms with E-state index in [9.17, 15) is 5.11 Å². The zero-order valence-electron chi connectivity index (χ0n) is 15.3. The van der Waals surface area contributed by atoms with E-state index in [1.54, 1.807) is 23.0 Å². The van der Waals surface area contributed by atoms with Gasteiger partial charge in [-0.05, 0) is 46.2 Å². The molecule has 4 nitrogen and oxygen atoms in total. The molecule has 0 fully saturated rings. The molecule has 0 spiro atoms. The summed E-state index contributed by atoms with van der Waals surface area (Å²) in [7, 11) is 0. The number of hydrogen-bond donors (Lipinski definition) is 1. The number of fused-ring (bicyclic) bond motifs is 1. The zero-order valence-corrected chi connectivity index (χ0v) is 15.3. The largest absolute Gasteiger partial charge is 0.508 e. The van der Waals surface area contributed by atoms with Crippen LogP contribution in [0.2, 0.25) is 0 Å². The Morgan fingerprint density at radius 2 is 1.29 bits per heavy atom. The van der Waals surface area contributed by atoms with E-state index < -0.39 is 0 Å². The van der Waals surface area contributed by atoms with E-state index in [4.69, 9.17) is 0 Å². The van der Waals surface area contributed by atoms with Gasteiger partial charge >= 0.3 is 0 Å². The second-order valence-electron chi connectivity index (χ2n) is 8.43. The molecule has 3 rings (SSSR count). The Kier molecular flexibility index (Phi) is 3.67. The number of aromatic nitrogens is 3. The van der Waals surface area contributed by atoms with Gasteiger partial charge in [0.1, 0.15) is 16.8 Å². The van der Waals surface area contributed by atoms with Crippen molar-refractivity contribution in [1.82, 2.24) is 15.0 Å². The topological polar surface area (TPSA) is 50.9 Å². The number of nitrogens with zero attached hydrogens (tertiary/aromatic N) is 3. The fraction of sp³-hybridized carbons (Fsp3) is 0.400. The predicted octanol–water partition coefficient (Wildman–Crippen LogP) is 4.72. The minimum atomic E-state index is 0.0425. The number of rotatable bonds is 1. The van der Waals surface area contributed by atoms with E-state index in [1.165, 1.54) is 11.1 Å². The second kappa shape index (κ2) is 5.33. The number of aromatic hydroxyl groups is 1. The fourth-order valence-electron chi connectivity index (χ4n) is 2.61. The van der Waals surface area contributed by atoms with Crippen molar-refractivity contribution in [3.05, 3.63) is 47.5 Å². The predicted molar refractivity (Wildman–Crippen MR) is 97.9 cm³/mol. The molecular weight excluding hydrogens is 298 g/mol. The number of benzene rings is 2. The molecule has 1 heterocycles. The number of phenols is 1. The van der Waals surface area contributed by atoms with Crippen LogP contribution < -0.4 is 0 Å². The summed E-state index contributed by atoms with van der Waals surface area (Å²) in [6.45, 7) is 13.3. The van der Waals surface area contributed by atoms with Crippen LogP contribution in [0.5, 0.6) is 5.75 Å². The van der Waals surface area contributed by atoms with Crippen molar-refractivity contribution in [3.63, 3.8) is 0 Å². The highest BCUT2D eigenvalue weighted by atomic mass is 16.3. The smallest absolute Gasteiger partial charge is 0.117 e. The van der Waals surface area contributed by atoms with Crippen LogP contribution in [0.1, 0.15) is 52.7 Å². The summed E-state index contributed by atoms with van der Waals surface area (Å²) in [5.41, 5.74) is 5.01. The third-order valence-electron chi connectivity index (χ3n) is 4.24. The van der Waals surface area contributed by atoms with Crippen LogP contribution in [0, 0.1) is 0 Å². The molecular formula is C20H25N3O. The fourth-order valence-corrected chi connectivity index (χ4v) is 2.61. The first-order chi connectivity index (χ1) is 11.0. The van der Waals surface area contributed by atoms with Crippen LogP contribution in [0.4, 0.5) is 0 Å². The van der Waals surface area contributed by atoms with Crippen LogP contribution in [0.3, 0.4) is 0 Å². The molecule has 1 aromatic heterocycles. The molecule has 1 N–H and O–H groups in total. The van der Waals surface area contributed by atoms with Gasteiger partial charge in [-0.2, -0.15) is 4.80 Å². The maximum atomic E-state index is 9.63. The van der Waals surface area contributed by atoms with Gasteiger partial charge in [0.15, 0.2) is 0 Å². The van der Waals surface area contributed by atoms with Gasteiger partial charge in [-0.25, -0.2) is 0 Å². The van der Waals surface area contributed by atoms with Crippen molar-refractivity contribution in [3.8, 4) is 11.4 Å². The van der Waals surface area contributed by atoms with E-state index in [0.717, 1.165) is 11.2 Å². The van der Waals surface area contributed by atoms with Crippen molar-refractivity contribution >= 4 is 11.0 Å². The summed E-state index contributed by atoms with van der Waals surface area (Å²) in [5, 5.41) is 18.7. The molecule has 4 heteroatoms. The highest BCUT2D eigenvalue weighted by molar-refractivity contribution is 5.75. The van der Waals surface area contributed by atoms with Gasteiger partial charge in [0.05, 0.1) is 5.69 Å². The lowest BCUT2D eigenvalue weighted by Crippen LogP contribution is -2.17. The molecule has 0 saturated heterocycles. The van der Waals surface area contributed by atoms with E-state index in [0.29, 0.717) is 5.52 Å². The number of hydrogen-bond acceptors (Lipinski definition) is 3. The molecule has 0 aliphatic rings. The standard InChI is InChI=1S/C20H25N3O/c1-19(2,3)13-9-14(20(4,5)6)11-15(10-13)23-21-17-8-7-16(24)12-18(17)22-23/h7-12,24H,1-6H3. The first-order valence-electron chi connectivity index (χ1n) is 8.26. The quantitative estimate of drug-likeness (QED) is 0.705. The number of phenolic OH excluding ortho intramolecular Hbond substituents is 1. The molecule has 0 amide bonds. The molecule has 0 aliphatic carbocycles. The van der Waals surface area contributed by atoms with Gasteiger partial charge in [-0.15, -0.1) is 10.2 Å². The van der Waals surface area contributed by atoms with Crippen LogP contribution >= 0.6 is 0 Å². The molecule has 0 radical (unpaired) electrons. The van der Waals surface area contributed by atoms with E-state index in [1.807, 2.05) is 0 Å². The van der Waals surface area contributed by atoms with Gasteiger partial charge in [-0.3, -0.25) is 0 Å². The van der Waals surface area contributed by atoms with E-state index >= 15 is 0 Å². The highest BCUT2D eigenvalue weighted by Crippen LogP contribution is 2.31. The normalized spacial score (nSPS) is 12.8. The summed E-state index contributed by atoms with van der Waals surface area (Å²) < 4.78 is 0. The molecule has 0 saturated carbocycles. The van der Waals surface area contributed by atoms with Crippen LogP contribution in [0.25, 0.3) is 16.7 Å². The van der Waals surface area contributed by atoms with Gasteiger partial charge in [0.25, 0.3) is 0 Å². The molecule has 0 atom stereocenters. The molecule has 126 valence electrons. The SMILES string of the molecule is CC(C)(C)c1cc(-n2nc3ccc(O)cc3n2)cc(C(C)(C)C)c1. The van der Waals surface area contributed by atoms with E-state index in [2.05, 4.69) is 69.9 Å². The Morgan fingerprint density at radius 3 is 1.83 bits per heavy atom. The average molecular weight is 323 g/mol. The van der Waals surface area contributed by atoms with Crippen LogP contribution in [-0.4, -0.2) is 20.1 Å².